The van der Waals surface area contributed by atoms with Crippen LogP contribution in [-0.2, 0) is 14.3 Å². The van der Waals surface area contributed by atoms with E-state index in [0.717, 1.165) is 83.5 Å². The Morgan fingerprint density at radius 2 is 0.765 bits per heavy atom. The average molecular weight is 1130 g/mol. The fourth-order valence-corrected chi connectivity index (χ4v) is 10.4. The van der Waals surface area contributed by atoms with Crippen LogP contribution in [0.25, 0.3) is 0 Å². The molecule has 1 aliphatic heterocycles. The van der Waals surface area contributed by atoms with Crippen molar-refractivity contribution in [2.45, 2.75) is 339 Å². The average Bonchev–Trinajstić information content (AvgIpc) is 3.49. The minimum Gasteiger partial charge on any atom is -0.394 e. The Hall–Kier alpha value is -2.89. The normalized spacial score (nSPS) is 19.0. The van der Waals surface area contributed by atoms with E-state index in [1.54, 1.807) is 6.08 Å². The number of carbonyl (C=O) groups is 1. The van der Waals surface area contributed by atoms with Gasteiger partial charge in [0.2, 0.25) is 5.91 Å². The second-order valence-electron chi connectivity index (χ2n) is 23.2. The molecule has 1 rings (SSSR count). The van der Waals surface area contributed by atoms with Gasteiger partial charge in [0, 0.05) is 6.42 Å². The zero-order valence-electron chi connectivity index (χ0n) is 52.3. The molecule has 1 heterocycles. The molecule has 1 aliphatic rings. The van der Waals surface area contributed by atoms with Crippen LogP contribution < -0.4 is 5.32 Å². The van der Waals surface area contributed by atoms with Crippen LogP contribution in [0.15, 0.2) is 97.2 Å². The summed E-state index contributed by atoms with van der Waals surface area (Å²) in [5.74, 6) is -0.209. The van der Waals surface area contributed by atoms with Gasteiger partial charge in [0.25, 0.3) is 0 Å². The zero-order chi connectivity index (χ0) is 58.6. The molecule has 81 heavy (non-hydrogen) atoms. The molecule has 9 heteroatoms. The first kappa shape index (κ1) is 76.1. The van der Waals surface area contributed by atoms with Gasteiger partial charge in [-0.3, -0.25) is 4.79 Å². The van der Waals surface area contributed by atoms with Crippen LogP contribution in [0.1, 0.15) is 296 Å². The molecular formula is C72H127NO8. The van der Waals surface area contributed by atoms with Gasteiger partial charge in [0.15, 0.2) is 6.29 Å². The molecule has 1 amide bonds. The molecule has 0 aromatic carbocycles. The molecule has 0 radical (unpaired) electrons. The van der Waals surface area contributed by atoms with E-state index in [0.29, 0.717) is 12.8 Å². The first-order valence-corrected chi connectivity index (χ1v) is 34.0. The molecular weight excluding hydrogens is 1010 g/mol. The number of unbranched alkanes of at least 4 members (excludes halogenated alkanes) is 34. The van der Waals surface area contributed by atoms with Gasteiger partial charge in [-0.25, -0.2) is 0 Å². The molecule has 1 saturated heterocycles. The molecule has 7 atom stereocenters. The van der Waals surface area contributed by atoms with E-state index in [9.17, 15) is 30.3 Å². The lowest BCUT2D eigenvalue weighted by molar-refractivity contribution is -0.302. The molecule has 0 spiro atoms. The van der Waals surface area contributed by atoms with Crippen molar-refractivity contribution in [1.82, 2.24) is 5.32 Å². The van der Waals surface area contributed by atoms with Crippen LogP contribution in [0, 0.1) is 0 Å². The third kappa shape index (κ3) is 49.1. The molecule has 0 aromatic rings. The highest BCUT2D eigenvalue weighted by Gasteiger charge is 2.44. The van der Waals surface area contributed by atoms with Crippen molar-refractivity contribution in [2.75, 3.05) is 13.2 Å². The van der Waals surface area contributed by atoms with Gasteiger partial charge in [0.05, 0.1) is 25.4 Å². The highest BCUT2D eigenvalue weighted by molar-refractivity contribution is 5.76. The Kier molecular flexibility index (Phi) is 56.6. The van der Waals surface area contributed by atoms with Gasteiger partial charge in [-0.1, -0.05) is 310 Å². The predicted molar refractivity (Wildman–Crippen MR) is 345 cm³/mol. The lowest BCUT2D eigenvalue weighted by Gasteiger charge is -2.40. The molecule has 0 aliphatic carbocycles. The molecule has 468 valence electrons. The fourth-order valence-electron chi connectivity index (χ4n) is 10.4. The molecule has 0 bridgehead atoms. The first-order valence-electron chi connectivity index (χ1n) is 34.0. The topological polar surface area (TPSA) is 149 Å². The molecule has 1 fully saturated rings. The van der Waals surface area contributed by atoms with Crippen LogP contribution in [0.5, 0.6) is 0 Å². The minimum absolute atomic E-state index is 0.207. The summed E-state index contributed by atoms with van der Waals surface area (Å²) in [6, 6.07) is -0.832. The van der Waals surface area contributed by atoms with Gasteiger partial charge in [-0.2, -0.15) is 0 Å². The highest BCUT2D eigenvalue weighted by Crippen LogP contribution is 2.23. The summed E-state index contributed by atoms with van der Waals surface area (Å²) in [6.45, 7) is 3.67. The number of carbonyl (C=O) groups excluding carboxylic acids is 1. The number of hydrogen-bond acceptors (Lipinski definition) is 8. The van der Waals surface area contributed by atoms with Crippen LogP contribution in [-0.4, -0.2) is 87.5 Å². The van der Waals surface area contributed by atoms with Gasteiger partial charge in [-0.15, -0.1) is 0 Å². The van der Waals surface area contributed by atoms with Crippen molar-refractivity contribution >= 4 is 5.91 Å². The quantitative estimate of drug-likeness (QED) is 0.0261. The molecule has 6 N–H and O–H groups in total. The van der Waals surface area contributed by atoms with Crippen LogP contribution in [0.3, 0.4) is 0 Å². The molecule has 7 unspecified atom stereocenters. The number of ether oxygens (including phenoxy) is 2. The van der Waals surface area contributed by atoms with E-state index in [1.807, 2.05) is 6.08 Å². The Morgan fingerprint density at radius 1 is 0.432 bits per heavy atom. The standard InChI is InChI=1S/C72H127NO8/c1-3-5-7-9-11-13-15-17-19-21-23-25-27-29-30-31-32-33-34-35-36-38-39-41-43-45-47-49-51-53-55-57-59-61-66(75)65(64-80-72-71(79)70(78)69(77)67(63-74)81-72)73-68(76)62-60-58-56-54-52-50-48-46-44-42-40-37-28-26-24-22-20-18-16-14-12-10-8-6-4-2/h6,8,12,14,18,20,24,26,37,40,44,46,50,52,59,61,65-67,69-72,74-75,77-79H,3-5,7,9-11,13,15-17,19,21-23,25,27-36,38-39,41-43,45,47-49,51,53-58,60,62-64H2,1-2H3,(H,73,76)/b8-6-,14-12-,20-18-,26-24-,40-37-,46-44-,52-50-,61-59+. The highest BCUT2D eigenvalue weighted by atomic mass is 16.7. The zero-order valence-corrected chi connectivity index (χ0v) is 52.3. The molecule has 0 aromatic heterocycles. The van der Waals surface area contributed by atoms with Crippen LogP contribution in [0.4, 0.5) is 0 Å². The summed E-state index contributed by atoms with van der Waals surface area (Å²) in [5.41, 5.74) is 0. The Morgan fingerprint density at radius 3 is 1.14 bits per heavy atom. The number of nitrogens with one attached hydrogen (secondary N) is 1. The third-order valence-corrected chi connectivity index (χ3v) is 15.7. The van der Waals surface area contributed by atoms with Gasteiger partial charge < -0.3 is 40.3 Å². The van der Waals surface area contributed by atoms with E-state index in [4.69, 9.17) is 9.47 Å². The number of amides is 1. The summed E-state index contributed by atoms with van der Waals surface area (Å²) >= 11 is 0. The maximum Gasteiger partial charge on any atom is 0.220 e. The number of aliphatic hydroxyl groups is 5. The maximum atomic E-state index is 13.1. The number of rotatable bonds is 58. The largest absolute Gasteiger partial charge is 0.394 e. The smallest absolute Gasteiger partial charge is 0.220 e. The van der Waals surface area contributed by atoms with Crippen molar-refractivity contribution < 1.29 is 39.8 Å². The van der Waals surface area contributed by atoms with E-state index < -0.39 is 49.5 Å². The molecule has 0 saturated carbocycles. The van der Waals surface area contributed by atoms with Gasteiger partial charge >= 0.3 is 0 Å². The predicted octanol–water partition coefficient (Wildman–Crippen LogP) is 18.3. The van der Waals surface area contributed by atoms with Crippen molar-refractivity contribution in [1.29, 1.82) is 0 Å². The Balaban J connectivity index is 2.18. The fraction of sp³-hybridized carbons (Fsp3) is 0.764. The summed E-state index contributed by atoms with van der Waals surface area (Å²) in [4.78, 5) is 13.1. The lowest BCUT2D eigenvalue weighted by atomic mass is 9.99. The van der Waals surface area contributed by atoms with Crippen LogP contribution in [0.2, 0.25) is 0 Å². The Bertz CT molecular complexity index is 1600. The van der Waals surface area contributed by atoms with Crippen molar-refractivity contribution in [3.8, 4) is 0 Å². The number of allylic oxidation sites excluding steroid dienone is 15. The summed E-state index contributed by atoms with van der Waals surface area (Å²) in [7, 11) is 0. The minimum atomic E-state index is -1.58. The van der Waals surface area contributed by atoms with E-state index in [-0.39, 0.29) is 12.5 Å². The number of aliphatic hydroxyl groups excluding tert-OH is 5. The Labute approximate surface area is 498 Å². The van der Waals surface area contributed by atoms with E-state index in [2.05, 4.69) is 104 Å². The van der Waals surface area contributed by atoms with E-state index >= 15 is 0 Å². The summed E-state index contributed by atoms with van der Waals surface area (Å²) in [6.07, 6.45) is 80.8. The summed E-state index contributed by atoms with van der Waals surface area (Å²) < 4.78 is 11.3. The van der Waals surface area contributed by atoms with Gasteiger partial charge in [0.1, 0.15) is 24.4 Å². The summed E-state index contributed by atoms with van der Waals surface area (Å²) in [5, 5.41) is 54.7. The first-order chi connectivity index (χ1) is 39.8. The third-order valence-electron chi connectivity index (χ3n) is 15.7. The second-order valence-corrected chi connectivity index (χ2v) is 23.2. The number of hydrogen-bond donors (Lipinski definition) is 6. The second kappa shape index (κ2) is 60.2. The van der Waals surface area contributed by atoms with E-state index in [1.165, 1.54) is 186 Å². The molecule has 9 nitrogen and oxygen atoms in total. The van der Waals surface area contributed by atoms with Crippen molar-refractivity contribution in [3.05, 3.63) is 97.2 Å². The van der Waals surface area contributed by atoms with Crippen molar-refractivity contribution in [3.63, 3.8) is 0 Å². The monoisotopic (exact) mass is 1130 g/mol. The van der Waals surface area contributed by atoms with Crippen molar-refractivity contribution in [2.24, 2.45) is 0 Å². The van der Waals surface area contributed by atoms with Crippen LogP contribution >= 0.6 is 0 Å². The lowest BCUT2D eigenvalue weighted by Crippen LogP contribution is -2.60. The van der Waals surface area contributed by atoms with Gasteiger partial charge in [-0.05, 0) is 77.0 Å². The SMILES string of the molecule is CC/C=C\C/C=C\C/C=C\C/C=C\C/C=C\C/C=C\C/C=C\CCCCCC(=O)NC(COC1OC(CO)C(O)C(O)C1O)C(O)/C=C/CCCCCCCCCCCCCCCCCCCCCCCCCCCCCCCCC. The maximum absolute atomic E-state index is 13.1.